The van der Waals surface area contributed by atoms with Crippen molar-refractivity contribution < 1.29 is 19.0 Å². The molecule has 2 aromatic rings. The van der Waals surface area contributed by atoms with E-state index in [-0.39, 0.29) is 41.6 Å². The summed E-state index contributed by atoms with van der Waals surface area (Å²) >= 11 is 0. The molecule has 0 radical (unpaired) electrons. The van der Waals surface area contributed by atoms with Gasteiger partial charge in [0.05, 0.1) is 5.41 Å². The van der Waals surface area contributed by atoms with Crippen LogP contribution in [-0.2, 0) is 25.2 Å². The zero-order chi connectivity index (χ0) is 32.2. The van der Waals surface area contributed by atoms with Gasteiger partial charge in [0.25, 0.3) is 11.8 Å². The maximum absolute atomic E-state index is 12.3. The zero-order valence-electron chi connectivity index (χ0n) is 27.2. The smallest absolute Gasteiger partial charge is 0.253 e. The van der Waals surface area contributed by atoms with E-state index in [1.165, 1.54) is 46.1 Å². The molecule has 1 N–H and O–H groups in total. The topological polar surface area (TPSA) is 72.7 Å². The Hall–Kier alpha value is -4.52. The molecule has 0 saturated carbocycles. The molecule has 3 heterocycles. The van der Waals surface area contributed by atoms with Gasteiger partial charge >= 0.3 is 0 Å². The summed E-state index contributed by atoms with van der Waals surface area (Å²) in [5.74, 6) is -0.706. The van der Waals surface area contributed by atoms with Crippen molar-refractivity contribution in [3.63, 3.8) is 0 Å². The molecular formula is C38H45N4O3+. The summed E-state index contributed by atoms with van der Waals surface area (Å²) in [5.41, 5.74) is 7.57. The monoisotopic (exact) mass is 605 g/mol. The lowest BCUT2D eigenvalue weighted by atomic mass is 9.81. The Morgan fingerprint density at radius 2 is 1.49 bits per heavy atom. The normalized spacial score (nSPS) is 19.1. The second-order valence-electron chi connectivity index (χ2n) is 13.0. The number of hydrogen-bond donors (Lipinski definition) is 1. The summed E-state index contributed by atoms with van der Waals surface area (Å²) in [5, 5.41) is 2.83. The standard InChI is InChI=1S/C38H44N4O3/c1-37(2)28-16-11-13-18-30(28)40(5)32(37)20-8-6-9-21-33-38(3,4)29-17-12-14-19-31(29)41(33)26-15-7-10-22-34(43)39-25-27-42-35(44)23-24-36(42)45/h6,8-9,11-14,16-21,23-24H,7,10,15,22,25-27H2,1-5H3/p+1. The van der Waals surface area contributed by atoms with Gasteiger partial charge in [0.2, 0.25) is 11.6 Å². The highest BCUT2D eigenvalue weighted by Gasteiger charge is 2.42. The van der Waals surface area contributed by atoms with Crippen molar-refractivity contribution in [2.24, 2.45) is 0 Å². The lowest BCUT2D eigenvalue weighted by molar-refractivity contribution is -0.401. The molecule has 7 heteroatoms. The molecule has 0 spiro atoms. The van der Waals surface area contributed by atoms with Crippen LogP contribution in [0, 0.1) is 0 Å². The predicted octanol–water partition coefficient (Wildman–Crippen LogP) is 6.09. The average molecular weight is 606 g/mol. The van der Waals surface area contributed by atoms with Gasteiger partial charge in [-0.1, -0.05) is 74.9 Å². The molecule has 234 valence electrons. The molecule has 0 unspecified atom stereocenters. The largest absolute Gasteiger partial charge is 0.354 e. The molecule has 0 bridgehead atoms. The van der Waals surface area contributed by atoms with Crippen LogP contribution < -0.4 is 10.2 Å². The van der Waals surface area contributed by atoms with Crippen LogP contribution in [0.3, 0.4) is 0 Å². The maximum atomic E-state index is 12.3. The summed E-state index contributed by atoms with van der Waals surface area (Å²) in [6, 6.07) is 17.3. The van der Waals surface area contributed by atoms with E-state index in [1.54, 1.807) is 0 Å². The first-order valence-corrected chi connectivity index (χ1v) is 16.0. The molecule has 45 heavy (non-hydrogen) atoms. The molecule has 0 saturated heterocycles. The van der Waals surface area contributed by atoms with Crippen molar-refractivity contribution >= 4 is 34.8 Å². The van der Waals surface area contributed by atoms with E-state index in [0.29, 0.717) is 6.42 Å². The number of carbonyl (C=O) groups is 3. The molecule has 0 aromatic heterocycles. The number of hydrogen-bond acceptors (Lipinski definition) is 4. The lowest BCUT2D eigenvalue weighted by Crippen LogP contribution is -2.38. The van der Waals surface area contributed by atoms with Gasteiger partial charge in [-0.25, -0.2) is 0 Å². The third-order valence-corrected chi connectivity index (χ3v) is 9.31. The quantitative estimate of drug-likeness (QED) is 0.138. The minimum atomic E-state index is -0.326. The second kappa shape index (κ2) is 13.2. The number of fused-ring (bicyclic) bond motifs is 2. The molecule has 3 aliphatic rings. The number of unbranched alkanes of at least 4 members (excludes halogenated alkanes) is 2. The Morgan fingerprint density at radius 3 is 2.22 bits per heavy atom. The van der Waals surface area contributed by atoms with Crippen molar-refractivity contribution in [3.8, 4) is 0 Å². The minimum Gasteiger partial charge on any atom is -0.354 e. The fourth-order valence-electron chi connectivity index (χ4n) is 6.82. The molecule has 0 atom stereocenters. The number of amides is 3. The molecule has 2 aromatic carbocycles. The third-order valence-electron chi connectivity index (χ3n) is 9.31. The summed E-state index contributed by atoms with van der Waals surface area (Å²) in [7, 11) is 2.14. The molecule has 0 fully saturated rings. The summed E-state index contributed by atoms with van der Waals surface area (Å²) in [4.78, 5) is 39.2. The van der Waals surface area contributed by atoms with Crippen LogP contribution in [-0.4, -0.2) is 59.6 Å². The number of benzene rings is 2. The van der Waals surface area contributed by atoms with Crippen molar-refractivity contribution in [2.75, 3.05) is 31.6 Å². The Balaban J connectivity index is 1.16. The van der Waals surface area contributed by atoms with E-state index < -0.39 is 0 Å². The van der Waals surface area contributed by atoms with Crippen LogP contribution in [0.1, 0.15) is 64.5 Å². The molecule has 0 aliphatic carbocycles. The van der Waals surface area contributed by atoms with E-state index in [1.807, 2.05) is 0 Å². The van der Waals surface area contributed by atoms with E-state index >= 15 is 0 Å². The van der Waals surface area contributed by atoms with Gasteiger partial charge < -0.3 is 10.2 Å². The molecule has 7 nitrogen and oxygen atoms in total. The SMILES string of the molecule is C[N+]1=C(C=CC=CC=C2N(CCCCCC(=O)NCCN3C(=O)C=CC3=O)c3ccccc3C2(C)C)C(C)(C)c2ccccc21. The fraction of sp³-hybridized carbons (Fsp3) is 0.368. The molecule has 3 aliphatic heterocycles. The fourth-order valence-corrected chi connectivity index (χ4v) is 6.82. The zero-order valence-corrected chi connectivity index (χ0v) is 27.2. The number of nitrogens with zero attached hydrogens (tertiary/aromatic N) is 3. The van der Waals surface area contributed by atoms with Crippen molar-refractivity contribution in [1.29, 1.82) is 0 Å². The minimum absolute atomic E-state index is 0.0487. The molecule has 3 amide bonds. The Labute approximate surface area is 267 Å². The molecular weight excluding hydrogens is 560 g/mol. The Morgan fingerprint density at radius 1 is 0.800 bits per heavy atom. The van der Waals surface area contributed by atoms with Gasteiger partial charge in [-0.05, 0) is 44.4 Å². The van der Waals surface area contributed by atoms with Crippen LogP contribution in [0.4, 0.5) is 11.4 Å². The third kappa shape index (κ3) is 6.48. The average Bonchev–Trinajstić information content (AvgIpc) is 3.52. The number of rotatable bonds is 12. The lowest BCUT2D eigenvalue weighted by Gasteiger charge is -2.27. The van der Waals surface area contributed by atoms with Crippen LogP contribution in [0.25, 0.3) is 0 Å². The van der Waals surface area contributed by atoms with Gasteiger partial charge in [0, 0.05) is 72.7 Å². The number of allylic oxidation sites excluding steroid dienone is 6. The van der Waals surface area contributed by atoms with Crippen molar-refractivity contribution in [2.45, 2.75) is 64.2 Å². The number of nitrogens with one attached hydrogen (secondary N) is 1. The first kappa shape index (κ1) is 31.9. The van der Waals surface area contributed by atoms with E-state index in [9.17, 15) is 14.4 Å². The highest BCUT2D eigenvalue weighted by molar-refractivity contribution is 6.12. The van der Waals surface area contributed by atoms with E-state index in [0.717, 1.165) is 30.7 Å². The summed E-state index contributed by atoms with van der Waals surface area (Å²) in [6.45, 7) is 10.5. The van der Waals surface area contributed by atoms with Gasteiger partial charge in [-0.15, -0.1) is 0 Å². The van der Waals surface area contributed by atoms with Gasteiger partial charge in [0.1, 0.15) is 7.05 Å². The Kier molecular flexibility index (Phi) is 9.37. The van der Waals surface area contributed by atoms with Crippen molar-refractivity contribution in [3.05, 3.63) is 108 Å². The summed E-state index contributed by atoms with van der Waals surface area (Å²) in [6.07, 6.45) is 16.5. The predicted molar refractivity (Wildman–Crippen MR) is 181 cm³/mol. The van der Waals surface area contributed by atoms with E-state index in [2.05, 4.69) is 128 Å². The second-order valence-corrected chi connectivity index (χ2v) is 13.0. The maximum Gasteiger partial charge on any atom is 0.253 e. The van der Waals surface area contributed by atoms with Crippen LogP contribution in [0.15, 0.2) is 96.8 Å². The van der Waals surface area contributed by atoms with Crippen LogP contribution in [0.2, 0.25) is 0 Å². The number of para-hydroxylation sites is 2. The molecule has 5 rings (SSSR count). The van der Waals surface area contributed by atoms with Gasteiger partial charge in [-0.3, -0.25) is 19.3 Å². The first-order chi connectivity index (χ1) is 21.5. The highest BCUT2D eigenvalue weighted by Crippen LogP contribution is 2.47. The van der Waals surface area contributed by atoms with Crippen LogP contribution in [0.5, 0.6) is 0 Å². The number of anilines is 1. The number of carbonyl (C=O) groups excluding carboxylic acids is 3. The van der Waals surface area contributed by atoms with Gasteiger partial charge in [-0.2, -0.15) is 4.58 Å². The van der Waals surface area contributed by atoms with Crippen molar-refractivity contribution in [1.82, 2.24) is 10.2 Å². The van der Waals surface area contributed by atoms with Crippen LogP contribution >= 0.6 is 0 Å². The number of imide groups is 1. The highest BCUT2D eigenvalue weighted by atomic mass is 16.2. The van der Waals surface area contributed by atoms with Gasteiger partial charge in [0.15, 0.2) is 5.71 Å². The Bertz CT molecular complexity index is 1620. The summed E-state index contributed by atoms with van der Waals surface area (Å²) < 4.78 is 2.29. The van der Waals surface area contributed by atoms with E-state index in [4.69, 9.17) is 0 Å². The first-order valence-electron chi connectivity index (χ1n) is 16.0.